The van der Waals surface area contributed by atoms with Crippen molar-refractivity contribution >= 4 is 40.8 Å². The van der Waals surface area contributed by atoms with E-state index in [1.54, 1.807) is 0 Å². The Morgan fingerprint density at radius 3 is 2.50 bits per heavy atom. The van der Waals surface area contributed by atoms with Crippen LogP contribution in [0.25, 0.3) is 10.9 Å². The first kappa shape index (κ1) is 14.8. The van der Waals surface area contributed by atoms with E-state index in [0.717, 1.165) is 18.2 Å². The van der Waals surface area contributed by atoms with Crippen molar-refractivity contribution in [2.45, 2.75) is 0 Å². The average Bonchev–Trinajstić information content (AvgIpc) is 2.27. The topological polar surface area (TPSA) is 140 Å². The Morgan fingerprint density at radius 2 is 1.95 bits per heavy atom. The molecule has 5 N–H and O–H groups in total. The Balaban J connectivity index is 2.73. The van der Waals surface area contributed by atoms with Crippen molar-refractivity contribution in [3.8, 4) is 0 Å². The quantitative estimate of drug-likeness (QED) is 0.399. The van der Waals surface area contributed by atoms with Gasteiger partial charge in [0.2, 0.25) is 0 Å². The van der Waals surface area contributed by atoms with E-state index >= 15 is 0 Å². The SMILES string of the molecule is O=c1[nH]c2cc(F)c(NS(=O)O)cc2cc1P(=O)(O)O. The summed E-state index contributed by atoms with van der Waals surface area (Å²) in [4.78, 5) is 31.6. The van der Waals surface area contributed by atoms with Crippen molar-refractivity contribution in [1.29, 1.82) is 0 Å². The first-order valence-corrected chi connectivity index (χ1v) is 7.70. The van der Waals surface area contributed by atoms with Crippen molar-refractivity contribution in [3.05, 3.63) is 34.4 Å². The summed E-state index contributed by atoms with van der Waals surface area (Å²) >= 11 is -2.51. The Labute approximate surface area is 113 Å². The van der Waals surface area contributed by atoms with Gasteiger partial charge in [-0.2, -0.15) is 0 Å². The van der Waals surface area contributed by atoms with Gasteiger partial charge in [-0.15, -0.1) is 0 Å². The first-order valence-electron chi connectivity index (χ1n) is 4.98. The molecule has 0 bridgehead atoms. The molecule has 108 valence electrons. The smallest absolute Gasteiger partial charge is 0.321 e. The van der Waals surface area contributed by atoms with Crippen LogP contribution in [-0.2, 0) is 15.8 Å². The Hall–Kier alpha value is -1.58. The van der Waals surface area contributed by atoms with Crippen molar-refractivity contribution in [2.75, 3.05) is 4.72 Å². The molecule has 0 saturated heterocycles. The highest BCUT2D eigenvalue weighted by atomic mass is 32.2. The summed E-state index contributed by atoms with van der Waals surface area (Å²) < 4.78 is 45.8. The number of H-pyrrole nitrogens is 1. The lowest BCUT2D eigenvalue weighted by atomic mass is 10.2. The molecule has 0 aliphatic carbocycles. The molecule has 1 heterocycles. The largest absolute Gasteiger partial charge is 0.361 e. The van der Waals surface area contributed by atoms with Gasteiger partial charge in [0.05, 0.1) is 11.2 Å². The summed E-state index contributed by atoms with van der Waals surface area (Å²) in [6.45, 7) is 0. The first-order chi connectivity index (χ1) is 9.18. The lowest BCUT2D eigenvalue weighted by Crippen LogP contribution is -2.26. The number of halogens is 1. The standard InChI is InChI=1S/C9H8FN2O6PS/c10-5-3-6-4(1-7(5)12-20(17)18)2-8(9(13)11-6)19(14,15)16/h1-3,12H,(H,11,13)(H,17,18)(H2,14,15,16). The van der Waals surface area contributed by atoms with Gasteiger partial charge in [0.15, 0.2) is 0 Å². The number of aromatic nitrogens is 1. The number of rotatable bonds is 3. The van der Waals surface area contributed by atoms with Crippen molar-refractivity contribution in [1.82, 2.24) is 4.98 Å². The monoisotopic (exact) mass is 322 g/mol. The lowest BCUT2D eigenvalue weighted by Gasteiger charge is -2.08. The van der Waals surface area contributed by atoms with E-state index in [9.17, 15) is 18.0 Å². The fraction of sp³-hybridized carbons (Fsp3) is 0. The lowest BCUT2D eigenvalue weighted by molar-refractivity contribution is 0.387. The van der Waals surface area contributed by atoms with Crippen LogP contribution in [0.1, 0.15) is 0 Å². The minimum Gasteiger partial charge on any atom is -0.321 e. The third-order valence-electron chi connectivity index (χ3n) is 2.42. The van der Waals surface area contributed by atoms with Crippen LogP contribution in [-0.4, -0.2) is 23.5 Å². The van der Waals surface area contributed by atoms with Crippen LogP contribution in [0, 0.1) is 5.82 Å². The molecular weight excluding hydrogens is 314 g/mol. The number of hydrogen-bond donors (Lipinski definition) is 5. The summed E-state index contributed by atoms with van der Waals surface area (Å²) in [5.74, 6) is -0.903. The minimum atomic E-state index is -4.78. The van der Waals surface area contributed by atoms with Crippen LogP contribution in [0.3, 0.4) is 0 Å². The molecule has 0 spiro atoms. The molecule has 20 heavy (non-hydrogen) atoms. The molecule has 8 nitrogen and oxygen atoms in total. The number of nitrogens with one attached hydrogen (secondary N) is 2. The minimum absolute atomic E-state index is 0.000952. The number of hydrogen-bond acceptors (Lipinski definition) is 3. The van der Waals surface area contributed by atoms with E-state index in [1.165, 1.54) is 0 Å². The van der Waals surface area contributed by atoms with E-state index < -0.39 is 35.5 Å². The Morgan fingerprint density at radius 1 is 1.30 bits per heavy atom. The number of aromatic amines is 1. The molecule has 1 aromatic carbocycles. The van der Waals surface area contributed by atoms with Gasteiger partial charge in [-0.3, -0.25) is 18.6 Å². The maximum atomic E-state index is 13.6. The summed E-state index contributed by atoms with van der Waals surface area (Å²) in [7, 11) is -4.78. The normalized spacial score (nSPS) is 13.4. The van der Waals surface area contributed by atoms with Crippen molar-refractivity contribution in [3.63, 3.8) is 0 Å². The van der Waals surface area contributed by atoms with E-state index in [-0.39, 0.29) is 16.6 Å². The zero-order chi connectivity index (χ0) is 15.1. The summed E-state index contributed by atoms with van der Waals surface area (Å²) in [5.41, 5.74) is -1.38. The second-order valence-electron chi connectivity index (χ2n) is 3.80. The van der Waals surface area contributed by atoms with E-state index in [2.05, 4.69) is 4.98 Å². The fourth-order valence-corrected chi connectivity index (χ4v) is 2.58. The zero-order valence-corrected chi connectivity index (χ0v) is 11.2. The van der Waals surface area contributed by atoms with Crippen LogP contribution in [0.2, 0.25) is 0 Å². The highest BCUT2D eigenvalue weighted by molar-refractivity contribution is 7.80. The highest BCUT2D eigenvalue weighted by Gasteiger charge is 2.22. The average molecular weight is 322 g/mol. The van der Waals surface area contributed by atoms with E-state index in [0.29, 0.717) is 0 Å². The van der Waals surface area contributed by atoms with Crippen LogP contribution in [0.15, 0.2) is 23.0 Å². The van der Waals surface area contributed by atoms with Gasteiger partial charge in [0.25, 0.3) is 16.8 Å². The van der Waals surface area contributed by atoms with Gasteiger partial charge < -0.3 is 14.8 Å². The fourth-order valence-electron chi connectivity index (χ4n) is 1.61. The van der Waals surface area contributed by atoms with Gasteiger partial charge in [0, 0.05) is 11.5 Å². The number of anilines is 1. The van der Waals surface area contributed by atoms with E-state index in [1.807, 2.05) is 4.72 Å². The third kappa shape index (κ3) is 2.94. The molecule has 2 rings (SSSR count). The number of benzene rings is 1. The molecule has 0 aliphatic rings. The molecule has 1 unspecified atom stereocenters. The predicted molar refractivity (Wildman–Crippen MR) is 70.6 cm³/mol. The Bertz CT molecular complexity index is 816. The molecular formula is C9H8FN2O6PS. The van der Waals surface area contributed by atoms with Gasteiger partial charge in [-0.1, -0.05) is 0 Å². The van der Waals surface area contributed by atoms with E-state index in [4.69, 9.17) is 14.3 Å². The second kappa shape index (κ2) is 5.08. The molecule has 1 atom stereocenters. The second-order valence-corrected chi connectivity index (χ2v) is 6.07. The predicted octanol–water partition coefficient (Wildman–Crippen LogP) is 0.0188. The van der Waals surface area contributed by atoms with Gasteiger partial charge in [0.1, 0.15) is 11.1 Å². The molecule has 1 aromatic heterocycles. The summed E-state index contributed by atoms with van der Waals surface area (Å²) in [6, 6.07) is 2.82. The highest BCUT2D eigenvalue weighted by Crippen LogP contribution is 2.32. The molecule has 0 aliphatic heterocycles. The van der Waals surface area contributed by atoms with Crippen molar-refractivity contribution in [2.24, 2.45) is 0 Å². The van der Waals surface area contributed by atoms with Crippen LogP contribution < -0.4 is 15.6 Å². The molecule has 11 heteroatoms. The third-order valence-corrected chi connectivity index (χ3v) is 3.78. The summed E-state index contributed by atoms with van der Waals surface area (Å²) in [6.07, 6.45) is 0. The molecule has 0 saturated carbocycles. The number of fused-ring (bicyclic) bond motifs is 1. The molecule has 0 amide bonds. The van der Waals surface area contributed by atoms with Crippen LogP contribution in [0.5, 0.6) is 0 Å². The Kier molecular flexibility index (Phi) is 3.76. The molecule has 0 radical (unpaired) electrons. The maximum absolute atomic E-state index is 13.6. The van der Waals surface area contributed by atoms with Crippen LogP contribution in [0.4, 0.5) is 10.1 Å². The number of pyridine rings is 1. The van der Waals surface area contributed by atoms with Gasteiger partial charge in [-0.25, -0.2) is 8.60 Å². The van der Waals surface area contributed by atoms with Gasteiger partial charge in [-0.05, 0) is 12.1 Å². The van der Waals surface area contributed by atoms with Crippen LogP contribution >= 0.6 is 7.60 Å². The van der Waals surface area contributed by atoms with Crippen molar-refractivity contribution < 1.29 is 27.5 Å². The maximum Gasteiger partial charge on any atom is 0.361 e. The molecule has 2 aromatic rings. The van der Waals surface area contributed by atoms with Gasteiger partial charge >= 0.3 is 7.60 Å². The summed E-state index contributed by atoms with van der Waals surface area (Å²) in [5, 5.41) is -0.676. The molecule has 0 fully saturated rings. The zero-order valence-electron chi connectivity index (χ0n) is 9.53.